The van der Waals surface area contributed by atoms with Crippen LogP contribution in [0.4, 0.5) is 0 Å². The summed E-state index contributed by atoms with van der Waals surface area (Å²) in [5.74, 6) is 0. The van der Waals surface area contributed by atoms with Gasteiger partial charge in [0.15, 0.2) is 5.65 Å². The zero-order valence-electron chi connectivity index (χ0n) is 14.6. The Bertz CT molecular complexity index is 1220. The van der Waals surface area contributed by atoms with E-state index in [1.54, 1.807) is 0 Å². The molecule has 5 aromatic rings. The lowest BCUT2D eigenvalue weighted by Gasteiger charge is -2.08. The van der Waals surface area contributed by atoms with E-state index in [4.69, 9.17) is 9.97 Å². The molecule has 0 fully saturated rings. The van der Waals surface area contributed by atoms with Crippen LogP contribution in [0.2, 0.25) is 0 Å². The van der Waals surface area contributed by atoms with Crippen LogP contribution in [-0.2, 0) is 0 Å². The fraction of sp³-hybridized carbons (Fsp3) is 0.0909. The van der Waals surface area contributed by atoms with Crippen LogP contribution >= 0.6 is 15.9 Å². The van der Waals surface area contributed by atoms with Crippen LogP contribution in [0.3, 0.4) is 0 Å². The number of pyridine rings is 2. The van der Waals surface area contributed by atoms with Crippen LogP contribution < -0.4 is 0 Å². The third-order valence-corrected chi connectivity index (χ3v) is 4.75. The molecule has 0 aliphatic carbocycles. The highest BCUT2D eigenvalue weighted by Crippen LogP contribution is 2.33. The third-order valence-electron chi connectivity index (χ3n) is 4.26. The molecular weight excluding hydrogens is 386 g/mol. The summed E-state index contributed by atoms with van der Waals surface area (Å²) in [6.07, 6.45) is 2.01. The summed E-state index contributed by atoms with van der Waals surface area (Å²) in [6, 6.07) is 22.6. The van der Waals surface area contributed by atoms with Crippen molar-refractivity contribution < 1.29 is 0 Å². The van der Waals surface area contributed by atoms with Gasteiger partial charge in [-0.15, -0.1) is 0 Å². The lowest BCUT2D eigenvalue weighted by Crippen LogP contribution is -1.91. The van der Waals surface area contributed by atoms with Gasteiger partial charge < -0.3 is 0 Å². The molecule has 128 valence electrons. The molecule has 0 radical (unpaired) electrons. The molecule has 0 amide bonds. The van der Waals surface area contributed by atoms with Crippen molar-refractivity contribution in [3.63, 3.8) is 0 Å². The molecule has 0 bridgehead atoms. The lowest BCUT2D eigenvalue weighted by atomic mass is 10.0. The molecule has 4 heteroatoms. The number of rotatable bonds is 1. The van der Waals surface area contributed by atoms with E-state index >= 15 is 0 Å². The van der Waals surface area contributed by atoms with Gasteiger partial charge in [-0.2, -0.15) is 0 Å². The molecule has 3 aromatic heterocycles. The van der Waals surface area contributed by atoms with E-state index in [1.807, 2.05) is 60.8 Å². The Kier molecular flexibility index (Phi) is 4.43. The van der Waals surface area contributed by atoms with Crippen LogP contribution in [0.15, 0.2) is 77.4 Å². The van der Waals surface area contributed by atoms with Gasteiger partial charge in [-0.1, -0.05) is 72.2 Å². The maximum Gasteiger partial charge on any atom is 0.165 e. The minimum absolute atomic E-state index is 0.888. The number of benzene rings is 2. The minimum atomic E-state index is 0.888. The Morgan fingerprint density at radius 2 is 1.58 bits per heavy atom. The van der Waals surface area contributed by atoms with Crippen molar-refractivity contribution in [2.24, 2.45) is 0 Å². The number of nitrogens with zero attached hydrogens (tertiary/aromatic N) is 3. The van der Waals surface area contributed by atoms with Gasteiger partial charge in [0.1, 0.15) is 11.2 Å². The predicted molar refractivity (Wildman–Crippen MR) is 112 cm³/mol. The second kappa shape index (κ2) is 6.89. The molecule has 0 N–H and O–H groups in total. The Morgan fingerprint density at radius 3 is 2.38 bits per heavy atom. The van der Waals surface area contributed by atoms with Crippen LogP contribution in [0.5, 0.6) is 0 Å². The van der Waals surface area contributed by atoms with E-state index < -0.39 is 0 Å². The molecule has 0 spiro atoms. The van der Waals surface area contributed by atoms with Gasteiger partial charge in [-0.25, -0.2) is 9.97 Å². The molecule has 0 saturated heterocycles. The second-order valence-corrected chi connectivity index (χ2v) is 6.64. The van der Waals surface area contributed by atoms with Gasteiger partial charge in [0.25, 0.3) is 0 Å². The summed E-state index contributed by atoms with van der Waals surface area (Å²) in [5.41, 5.74) is 4.81. The maximum atomic E-state index is 4.98. The molecule has 0 aliphatic rings. The van der Waals surface area contributed by atoms with Crippen molar-refractivity contribution in [2.45, 2.75) is 13.8 Å². The van der Waals surface area contributed by atoms with Gasteiger partial charge in [0.05, 0.1) is 5.69 Å². The van der Waals surface area contributed by atoms with Gasteiger partial charge >= 0.3 is 0 Å². The van der Waals surface area contributed by atoms with Gasteiger partial charge in [0.2, 0.25) is 0 Å². The summed E-state index contributed by atoms with van der Waals surface area (Å²) < 4.78 is 3.09. The molecule has 0 aliphatic heterocycles. The molecule has 3 heterocycles. The van der Waals surface area contributed by atoms with Crippen molar-refractivity contribution in [3.8, 4) is 11.3 Å². The average Bonchev–Trinajstić information content (AvgIpc) is 3.08. The second-order valence-electron chi connectivity index (χ2n) is 5.73. The van der Waals surface area contributed by atoms with Crippen molar-refractivity contribution >= 4 is 43.5 Å². The van der Waals surface area contributed by atoms with Crippen molar-refractivity contribution in [1.82, 2.24) is 14.4 Å². The summed E-state index contributed by atoms with van der Waals surface area (Å²) in [7, 11) is 0. The van der Waals surface area contributed by atoms with Crippen LogP contribution in [0.1, 0.15) is 13.8 Å². The average molecular weight is 404 g/mol. The number of fused-ring (bicyclic) bond motifs is 5. The summed E-state index contributed by atoms with van der Waals surface area (Å²) in [4.78, 5) is 9.77. The number of imidazole rings is 1. The third kappa shape index (κ3) is 2.67. The SMILES string of the molecule is Brc1cccc(-c2nc3c(nc4ccccn43)c3ccccc23)c1.CC. The summed E-state index contributed by atoms with van der Waals surface area (Å²) in [6.45, 7) is 4.00. The van der Waals surface area contributed by atoms with Crippen LogP contribution in [-0.4, -0.2) is 14.4 Å². The fourth-order valence-corrected chi connectivity index (χ4v) is 3.59. The van der Waals surface area contributed by atoms with Gasteiger partial charge in [-0.05, 0) is 24.3 Å². The summed E-state index contributed by atoms with van der Waals surface area (Å²) in [5, 5.41) is 2.24. The molecule has 2 aromatic carbocycles. The molecule has 0 unspecified atom stereocenters. The standard InChI is InChI=1S/C20H12BrN3.C2H6/c21-14-7-5-6-13(12-14)18-15-8-1-2-9-16(15)19-20(23-18)24-11-4-3-10-17(24)22-19;1-2/h1-12H;1-2H3. The maximum absolute atomic E-state index is 4.98. The van der Waals surface area contributed by atoms with Crippen molar-refractivity contribution in [2.75, 3.05) is 0 Å². The highest BCUT2D eigenvalue weighted by atomic mass is 79.9. The van der Waals surface area contributed by atoms with Crippen LogP contribution in [0.25, 0.3) is 38.8 Å². The quantitative estimate of drug-likeness (QED) is 0.320. The van der Waals surface area contributed by atoms with Crippen LogP contribution in [0, 0.1) is 0 Å². The number of hydrogen-bond donors (Lipinski definition) is 0. The van der Waals surface area contributed by atoms with Crippen molar-refractivity contribution in [3.05, 3.63) is 77.4 Å². The first-order valence-electron chi connectivity index (χ1n) is 8.73. The van der Waals surface area contributed by atoms with Crippen molar-refractivity contribution in [1.29, 1.82) is 0 Å². The molecule has 26 heavy (non-hydrogen) atoms. The van der Waals surface area contributed by atoms with E-state index in [1.165, 1.54) is 0 Å². The molecular formula is C22H18BrN3. The van der Waals surface area contributed by atoms with E-state index in [9.17, 15) is 0 Å². The highest BCUT2D eigenvalue weighted by molar-refractivity contribution is 9.10. The largest absolute Gasteiger partial charge is 0.284 e. The zero-order chi connectivity index (χ0) is 18.1. The topological polar surface area (TPSA) is 30.2 Å². The fourth-order valence-electron chi connectivity index (χ4n) is 3.19. The minimum Gasteiger partial charge on any atom is -0.284 e. The zero-order valence-corrected chi connectivity index (χ0v) is 16.2. The molecule has 0 atom stereocenters. The molecule has 3 nitrogen and oxygen atoms in total. The monoisotopic (exact) mass is 403 g/mol. The van der Waals surface area contributed by atoms with E-state index in [0.29, 0.717) is 0 Å². The first-order chi connectivity index (χ1) is 12.8. The van der Waals surface area contributed by atoms with Gasteiger partial charge in [0, 0.05) is 27.0 Å². The number of halogens is 1. The predicted octanol–water partition coefficient (Wildman–Crippen LogP) is 6.49. The normalized spacial score (nSPS) is 10.9. The molecule has 5 rings (SSSR count). The Hall–Kier alpha value is -2.72. The van der Waals surface area contributed by atoms with E-state index in [-0.39, 0.29) is 0 Å². The van der Waals surface area contributed by atoms with E-state index in [2.05, 4.69) is 46.3 Å². The Labute approximate surface area is 160 Å². The summed E-state index contributed by atoms with van der Waals surface area (Å²) >= 11 is 3.56. The first-order valence-corrected chi connectivity index (χ1v) is 9.52. The lowest BCUT2D eigenvalue weighted by molar-refractivity contribution is 1.19. The smallest absolute Gasteiger partial charge is 0.165 e. The molecule has 0 saturated carbocycles. The Balaban J connectivity index is 0.000000814. The Morgan fingerprint density at radius 1 is 0.808 bits per heavy atom. The first kappa shape index (κ1) is 16.7. The number of hydrogen-bond acceptors (Lipinski definition) is 2. The van der Waals surface area contributed by atoms with Gasteiger partial charge in [-0.3, -0.25) is 4.40 Å². The highest BCUT2D eigenvalue weighted by Gasteiger charge is 2.14. The van der Waals surface area contributed by atoms with E-state index in [0.717, 1.165) is 43.3 Å². The number of aromatic nitrogens is 3.